The number of hydrogen-bond acceptors (Lipinski definition) is 6. The third-order valence-corrected chi connectivity index (χ3v) is 3.11. The number of benzene rings is 1. The van der Waals surface area contributed by atoms with Crippen molar-refractivity contribution in [1.82, 2.24) is 0 Å². The van der Waals surface area contributed by atoms with E-state index in [-0.39, 0.29) is 5.56 Å². The average Bonchev–Trinajstić information content (AvgIpc) is 2.29. The Morgan fingerprint density at radius 3 is 2.17 bits per heavy atom. The minimum Gasteiger partial charge on any atom is -0.508 e. The van der Waals surface area contributed by atoms with E-state index in [1.807, 2.05) is 0 Å². The Hall–Kier alpha value is -1.79. The summed E-state index contributed by atoms with van der Waals surface area (Å²) in [5.74, 6) is -6.28. The molecule has 1 atom stereocenters. The zero-order valence-electron chi connectivity index (χ0n) is 10.3. The van der Waals surface area contributed by atoms with Crippen LogP contribution in [-0.2, 0) is 10.6 Å². The molecule has 0 spiro atoms. The van der Waals surface area contributed by atoms with Crippen LogP contribution in [0.5, 0.6) is 17.2 Å². The summed E-state index contributed by atoms with van der Waals surface area (Å²) >= 11 is 0. The van der Waals surface area contributed by atoms with Gasteiger partial charge in [0.2, 0.25) is 5.79 Å². The third-order valence-electron chi connectivity index (χ3n) is 3.11. The molecule has 1 unspecified atom stereocenters. The number of phenolic OH excluding ortho intramolecular Hbond substituents is 3. The van der Waals surface area contributed by atoms with Gasteiger partial charge in [0.15, 0.2) is 11.5 Å². The fourth-order valence-corrected chi connectivity index (χ4v) is 1.54. The van der Waals surface area contributed by atoms with E-state index in [4.69, 9.17) is 0 Å². The van der Waals surface area contributed by atoms with Gasteiger partial charge in [-0.3, -0.25) is 4.79 Å². The average molecular weight is 256 g/mol. The van der Waals surface area contributed by atoms with Gasteiger partial charge >= 0.3 is 0 Å². The van der Waals surface area contributed by atoms with E-state index in [9.17, 15) is 30.3 Å². The maximum Gasteiger partial charge on any atom is 0.203 e. The first-order valence-electron chi connectivity index (χ1n) is 5.30. The van der Waals surface area contributed by atoms with Crippen molar-refractivity contribution in [3.63, 3.8) is 0 Å². The molecule has 0 aliphatic rings. The zero-order chi connectivity index (χ0) is 14.2. The summed E-state index contributed by atoms with van der Waals surface area (Å²) in [7, 11) is 0. The molecule has 1 aromatic carbocycles. The number of aromatic hydroxyl groups is 3. The van der Waals surface area contributed by atoms with E-state index in [0.717, 1.165) is 13.0 Å². The smallest absolute Gasteiger partial charge is 0.203 e. The fraction of sp³-hybridized carbons (Fsp3) is 0.417. The highest BCUT2D eigenvalue weighted by molar-refractivity contribution is 5.79. The second-order valence-corrected chi connectivity index (χ2v) is 4.32. The Morgan fingerprint density at radius 2 is 1.72 bits per heavy atom. The van der Waals surface area contributed by atoms with Crippen molar-refractivity contribution in [3.8, 4) is 17.2 Å². The molecule has 6 heteroatoms. The highest BCUT2D eigenvalue weighted by Crippen LogP contribution is 2.44. The van der Waals surface area contributed by atoms with Gasteiger partial charge in [0, 0.05) is 5.56 Å². The van der Waals surface area contributed by atoms with Crippen LogP contribution in [0.4, 0.5) is 0 Å². The molecule has 1 aromatic rings. The standard InChI is InChI=1S/C12H16O6/c1-5-9(14)4-8(11(16)10(5)15)12(17,18)6(2)7(3)13/h4,6,14-18H,1-3H3. The van der Waals surface area contributed by atoms with Gasteiger partial charge in [-0.25, -0.2) is 0 Å². The first-order valence-corrected chi connectivity index (χ1v) is 5.30. The van der Waals surface area contributed by atoms with Gasteiger partial charge in [-0.2, -0.15) is 0 Å². The summed E-state index contributed by atoms with van der Waals surface area (Å²) in [6.07, 6.45) is 0. The largest absolute Gasteiger partial charge is 0.508 e. The molecule has 0 amide bonds. The predicted molar refractivity (Wildman–Crippen MR) is 62.1 cm³/mol. The highest BCUT2D eigenvalue weighted by atomic mass is 16.5. The molecule has 100 valence electrons. The van der Waals surface area contributed by atoms with Gasteiger partial charge in [-0.15, -0.1) is 0 Å². The summed E-state index contributed by atoms with van der Waals surface area (Å²) in [6.45, 7) is 3.77. The number of rotatable bonds is 3. The lowest BCUT2D eigenvalue weighted by Crippen LogP contribution is -2.37. The van der Waals surface area contributed by atoms with Crippen LogP contribution in [0.1, 0.15) is 25.0 Å². The summed E-state index contributed by atoms with van der Waals surface area (Å²) < 4.78 is 0. The second kappa shape index (κ2) is 4.47. The van der Waals surface area contributed by atoms with Crippen LogP contribution >= 0.6 is 0 Å². The third kappa shape index (κ3) is 2.12. The van der Waals surface area contributed by atoms with Gasteiger partial charge in [0.05, 0.1) is 11.5 Å². The maximum atomic E-state index is 11.2. The lowest BCUT2D eigenvalue weighted by molar-refractivity contribution is -0.205. The van der Waals surface area contributed by atoms with Crippen LogP contribution in [0.3, 0.4) is 0 Å². The van der Waals surface area contributed by atoms with Crippen molar-refractivity contribution in [1.29, 1.82) is 0 Å². The van der Waals surface area contributed by atoms with Gasteiger partial charge in [-0.1, -0.05) is 0 Å². The van der Waals surface area contributed by atoms with E-state index in [1.165, 1.54) is 13.8 Å². The van der Waals surface area contributed by atoms with Crippen molar-refractivity contribution in [2.45, 2.75) is 26.6 Å². The molecule has 18 heavy (non-hydrogen) atoms. The molecule has 0 aliphatic heterocycles. The molecule has 0 bridgehead atoms. The van der Waals surface area contributed by atoms with Crippen LogP contribution in [0.25, 0.3) is 0 Å². The Bertz CT molecular complexity index is 492. The van der Waals surface area contributed by atoms with Crippen LogP contribution in [-0.4, -0.2) is 31.3 Å². The Kier molecular flexibility index (Phi) is 3.54. The number of phenols is 3. The molecule has 0 fully saturated rings. The fourth-order valence-electron chi connectivity index (χ4n) is 1.54. The van der Waals surface area contributed by atoms with Gasteiger partial charge < -0.3 is 25.5 Å². The molecule has 0 heterocycles. The van der Waals surface area contributed by atoms with E-state index < -0.39 is 40.3 Å². The minimum atomic E-state index is -2.68. The Labute approximate surface area is 104 Å². The molecule has 0 saturated carbocycles. The summed E-state index contributed by atoms with van der Waals surface area (Å²) in [4.78, 5) is 11.2. The van der Waals surface area contributed by atoms with Crippen LogP contribution in [0.2, 0.25) is 0 Å². The number of carbonyl (C=O) groups is 1. The monoisotopic (exact) mass is 256 g/mol. The van der Waals surface area contributed by atoms with Crippen molar-refractivity contribution in [2.24, 2.45) is 5.92 Å². The lowest BCUT2D eigenvalue weighted by Gasteiger charge is -2.28. The molecule has 0 radical (unpaired) electrons. The van der Waals surface area contributed by atoms with Crippen molar-refractivity contribution >= 4 is 5.78 Å². The summed E-state index contributed by atoms with van der Waals surface area (Å²) in [5.41, 5.74) is -0.520. The predicted octanol–water partition coefficient (Wildman–Crippen LogP) is 0.474. The second-order valence-electron chi connectivity index (χ2n) is 4.32. The first kappa shape index (κ1) is 14.3. The van der Waals surface area contributed by atoms with E-state index in [0.29, 0.717) is 0 Å². The number of carbonyl (C=O) groups excluding carboxylic acids is 1. The maximum absolute atomic E-state index is 11.2. The normalized spacial score (nSPS) is 13.4. The first-order chi connectivity index (χ1) is 8.10. The van der Waals surface area contributed by atoms with Crippen molar-refractivity contribution in [2.75, 3.05) is 0 Å². The lowest BCUT2D eigenvalue weighted by atomic mass is 9.89. The topological polar surface area (TPSA) is 118 Å². The molecule has 0 aromatic heterocycles. The highest BCUT2D eigenvalue weighted by Gasteiger charge is 2.40. The van der Waals surface area contributed by atoms with Crippen LogP contribution in [0, 0.1) is 12.8 Å². The summed E-state index contributed by atoms with van der Waals surface area (Å²) in [6, 6.07) is 0.907. The van der Waals surface area contributed by atoms with Crippen molar-refractivity contribution < 1.29 is 30.3 Å². The molecule has 5 N–H and O–H groups in total. The number of Topliss-reactive ketones (excluding diaryl/α,β-unsaturated/α-hetero) is 1. The molecule has 1 rings (SSSR count). The summed E-state index contributed by atoms with van der Waals surface area (Å²) in [5, 5.41) is 48.5. The quantitative estimate of drug-likeness (QED) is 0.305. The van der Waals surface area contributed by atoms with Gasteiger partial charge in [0.1, 0.15) is 11.5 Å². The number of aliphatic hydroxyl groups is 2. The zero-order valence-corrected chi connectivity index (χ0v) is 10.3. The number of hydrogen-bond donors (Lipinski definition) is 5. The SMILES string of the molecule is CC(=O)C(C)C(O)(O)c1cc(O)c(C)c(O)c1O. The number of ketones is 1. The van der Waals surface area contributed by atoms with Crippen LogP contribution in [0.15, 0.2) is 6.07 Å². The van der Waals surface area contributed by atoms with Crippen LogP contribution < -0.4 is 0 Å². The Morgan fingerprint density at radius 1 is 1.22 bits per heavy atom. The molecule has 0 aliphatic carbocycles. The molecular weight excluding hydrogens is 240 g/mol. The van der Waals surface area contributed by atoms with E-state index in [1.54, 1.807) is 0 Å². The van der Waals surface area contributed by atoms with Crippen molar-refractivity contribution in [3.05, 3.63) is 17.2 Å². The molecule has 6 nitrogen and oxygen atoms in total. The van der Waals surface area contributed by atoms with Gasteiger partial charge in [0.25, 0.3) is 0 Å². The van der Waals surface area contributed by atoms with E-state index >= 15 is 0 Å². The van der Waals surface area contributed by atoms with Gasteiger partial charge in [-0.05, 0) is 26.8 Å². The molecule has 0 saturated heterocycles. The molecular formula is C12H16O6. The van der Waals surface area contributed by atoms with E-state index in [2.05, 4.69) is 0 Å². The Balaban J connectivity index is 3.47. The minimum absolute atomic E-state index is 0.00234.